The van der Waals surface area contributed by atoms with Gasteiger partial charge >= 0.3 is 5.97 Å². The molecule has 4 aliphatic carbocycles. The van der Waals surface area contributed by atoms with Crippen LogP contribution >= 0.6 is 11.6 Å². The lowest BCUT2D eigenvalue weighted by Gasteiger charge is -2.64. The summed E-state index contributed by atoms with van der Waals surface area (Å²) < 4.78 is 20.8. The number of esters is 1. The number of alkyl halides is 1. The van der Waals surface area contributed by atoms with Gasteiger partial charge in [-0.3, -0.25) is 14.4 Å². The van der Waals surface area contributed by atoms with Crippen molar-refractivity contribution in [3.05, 3.63) is 23.6 Å². The van der Waals surface area contributed by atoms with Crippen LogP contribution in [0, 0.1) is 28.6 Å². The van der Waals surface area contributed by atoms with Crippen LogP contribution in [0.1, 0.15) is 59.8 Å². The summed E-state index contributed by atoms with van der Waals surface area (Å²) in [5, 5.41) is 21.4. The van der Waals surface area contributed by atoms with Crippen LogP contribution in [0.15, 0.2) is 23.6 Å². The van der Waals surface area contributed by atoms with Crippen LogP contribution in [-0.2, 0) is 19.1 Å². The van der Waals surface area contributed by atoms with Gasteiger partial charge in [-0.15, -0.1) is 11.6 Å². The molecule has 33 heavy (non-hydrogen) atoms. The van der Waals surface area contributed by atoms with Crippen molar-refractivity contribution in [1.82, 2.24) is 0 Å². The zero-order chi connectivity index (χ0) is 24.6. The van der Waals surface area contributed by atoms with Gasteiger partial charge in [0.15, 0.2) is 11.4 Å². The third-order valence-electron chi connectivity index (χ3n) is 9.39. The van der Waals surface area contributed by atoms with Crippen molar-refractivity contribution in [2.24, 2.45) is 28.6 Å². The van der Waals surface area contributed by atoms with E-state index in [9.17, 15) is 29.0 Å². The van der Waals surface area contributed by atoms with Crippen LogP contribution in [0.5, 0.6) is 0 Å². The number of carbonyl (C=O) groups is 3. The van der Waals surface area contributed by atoms with E-state index in [0.717, 1.165) is 0 Å². The number of fused-ring (bicyclic) bond motifs is 5. The van der Waals surface area contributed by atoms with Crippen LogP contribution in [0.4, 0.5) is 4.39 Å². The number of Topliss-reactive ketones (excluding diaryl/α,β-unsaturated/α-hetero) is 1. The maximum absolute atomic E-state index is 14.9. The van der Waals surface area contributed by atoms with Gasteiger partial charge in [-0.1, -0.05) is 33.8 Å². The Balaban J connectivity index is 1.87. The summed E-state index contributed by atoms with van der Waals surface area (Å²) >= 11 is 7.32. The second kappa shape index (κ2) is 7.72. The zero-order valence-electron chi connectivity index (χ0n) is 19.5. The first-order valence-electron chi connectivity index (χ1n) is 11.7. The van der Waals surface area contributed by atoms with Crippen molar-refractivity contribution in [3.63, 3.8) is 0 Å². The van der Waals surface area contributed by atoms with Crippen molar-refractivity contribution in [2.45, 2.75) is 76.4 Å². The summed E-state index contributed by atoms with van der Waals surface area (Å²) in [7, 11) is 0. The molecule has 0 radical (unpaired) electrons. The number of hydrogen-bond acceptors (Lipinski definition) is 6. The van der Waals surface area contributed by atoms with Crippen LogP contribution in [0.25, 0.3) is 0 Å². The van der Waals surface area contributed by atoms with Gasteiger partial charge in [-0.25, -0.2) is 4.39 Å². The summed E-state index contributed by atoms with van der Waals surface area (Å²) in [5.74, 6) is -3.57. The third-order valence-corrected chi connectivity index (χ3v) is 10.3. The van der Waals surface area contributed by atoms with Gasteiger partial charge < -0.3 is 14.9 Å². The Hall–Kier alpha value is -1.57. The fourth-order valence-corrected chi connectivity index (χ4v) is 8.36. The molecule has 0 heterocycles. The highest BCUT2D eigenvalue weighted by atomic mass is 35.5. The molecule has 8 heteroatoms. The first kappa shape index (κ1) is 24.6. The average Bonchev–Trinajstić information content (AvgIpc) is 2.99. The molecule has 0 aromatic carbocycles. The predicted molar refractivity (Wildman–Crippen MR) is 119 cm³/mol. The van der Waals surface area contributed by atoms with Crippen LogP contribution < -0.4 is 0 Å². The molecule has 3 fully saturated rings. The highest BCUT2D eigenvalue weighted by molar-refractivity contribution is 6.26. The van der Waals surface area contributed by atoms with E-state index in [-0.39, 0.29) is 24.7 Å². The molecule has 182 valence electrons. The average molecular weight is 483 g/mol. The molecule has 8 atom stereocenters. The van der Waals surface area contributed by atoms with Crippen molar-refractivity contribution in [3.8, 4) is 0 Å². The molecule has 0 aromatic rings. The number of aliphatic hydroxyl groups is 2. The van der Waals surface area contributed by atoms with E-state index >= 15 is 0 Å². The number of hydrogen-bond donors (Lipinski definition) is 2. The van der Waals surface area contributed by atoms with Gasteiger partial charge in [-0.2, -0.15) is 0 Å². The standard InChI is InChI=1S/C25H32ClFO6/c1-5-20(32)33-25(19(31)12-28)13(2)10-16-14-6-7-15-21(27)17(29)8-9-22(15,3)24(14,26)18(30)11-23(16,25)4/h8-9,13-14,16,18,28,30H,5-7,10-12H2,1-4H3/t13?,14-,16-,18?,22-,23-,24-,25-/m0/s1. The number of ketones is 2. The van der Waals surface area contributed by atoms with Crippen molar-refractivity contribution in [2.75, 3.05) is 6.61 Å². The van der Waals surface area contributed by atoms with E-state index in [1.54, 1.807) is 19.9 Å². The minimum Gasteiger partial charge on any atom is -0.450 e. The lowest BCUT2D eigenvalue weighted by Crippen LogP contribution is -2.69. The largest absolute Gasteiger partial charge is 0.450 e. The summed E-state index contributed by atoms with van der Waals surface area (Å²) in [6.45, 7) is 6.29. The zero-order valence-corrected chi connectivity index (χ0v) is 20.2. The van der Waals surface area contributed by atoms with Gasteiger partial charge in [0.25, 0.3) is 0 Å². The predicted octanol–water partition coefficient (Wildman–Crippen LogP) is 3.42. The Morgan fingerprint density at radius 3 is 2.58 bits per heavy atom. The molecular formula is C25H32ClFO6. The highest BCUT2D eigenvalue weighted by Gasteiger charge is 2.76. The summed E-state index contributed by atoms with van der Waals surface area (Å²) in [5.41, 5.74) is -3.32. The minimum atomic E-state index is -1.58. The molecule has 2 unspecified atom stereocenters. The SMILES string of the molecule is CCC(=O)O[C@]1(C(=O)CO)C(C)C[C@H]2[C@@H]3CCC4=C(F)C(=O)C=C[C@]4(C)[C@@]3(Cl)C(O)C[C@@]21C. The molecule has 0 amide bonds. The molecule has 0 saturated heterocycles. The summed E-state index contributed by atoms with van der Waals surface area (Å²) in [4.78, 5) is 36.4. The van der Waals surface area contributed by atoms with Gasteiger partial charge in [-0.05, 0) is 49.2 Å². The Morgan fingerprint density at radius 1 is 1.30 bits per heavy atom. The second-order valence-electron chi connectivity index (χ2n) is 10.6. The van der Waals surface area contributed by atoms with E-state index < -0.39 is 63.3 Å². The van der Waals surface area contributed by atoms with Crippen LogP contribution in [0.2, 0.25) is 0 Å². The van der Waals surface area contributed by atoms with Gasteiger partial charge in [0.1, 0.15) is 6.61 Å². The number of allylic oxidation sites excluding steroid dienone is 4. The van der Waals surface area contributed by atoms with Gasteiger partial charge in [0.2, 0.25) is 11.6 Å². The topological polar surface area (TPSA) is 101 Å². The van der Waals surface area contributed by atoms with E-state index in [1.165, 1.54) is 6.08 Å². The van der Waals surface area contributed by atoms with Gasteiger partial charge in [0.05, 0.1) is 11.0 Å². The van der Waals surface area contributed by atoms with E-state index in [4.69, 9.17) is 16.3 Å². The Morgan fingerprint density at radius 2 is 1.97 bits per heavy atom. The highest BCUT2D eigenvalue weighted by Crippen LogP contribution is 2.72. The normalized spacial score (nSPS) is 46.5. The molecule has 4 aliphatic rings. The first-order chi connectivity index (χ1) is 15.3. The molecule has 0 aliphatic heterocycles. The maximum atomic E-state index is 14.9. The molecule has 6 nitrogen and oxygen atoms in total. The van der Waals surface area contributed by atoms with Crippen molar-refractivity contribution in [1.29, 1.82) is 0 Å². The quantitative estimate of drug-likeness (QED) is 0.470. The molecule has 2 N–H and O–H groups in total. The maximum Gasteiger partial charge on any atom is 0.306 e. The Labute approximate surface area is 198 Å². The molecular weight excluding hydrogens is 451 g/mol. The van der Waals surface area contributed by atoms with Crippen molar-refractivity contribution >= 4 is 29.1 Å². The van der Waals surface area contributed by atoms with Crippen molar-refractivity contribution < 1.29 is 33.7 Å². The minimum absolute atomic E-state index is 0.0387. The van der Waals surface area contributed by atoms with Crippen LogP contribution in [0.3, 0.4) is 0 Å². The number of ether oxygens (including phenoxy) is 1. The molecule has 3 saturated carbocycles. The molecule has 0 spiro atoms. The number of aliphatic hydroxyl groups excluding tert-OH is 2. The molecule has 0 bridgehead atoms. The Kier molecular flexibility index (Phi) is 5.74. The fraction of sp³-hybridized carbons (Fsp3) is 0.720. The molecule has 4 rings (SSSR count). The van der Waals surface area contributed by atoms with Gasteiger partial charge in [0, 0.05) is 23.2 Å². The lowest BCUT2D eigenvalue weighted by molar-refractivity contribution is -0.202. The molecule has 0 aromatic heterocycles. The van der Waals surface area contributed by atoms with Crippen LogP contribution in [-0.4, -0.2) is 50.9 Å². The monoisotopic (exact) mass is 482 g/mol. The smallest absolute Gasteiger partial charge is 0.306 e. The van der Waals surface area contributed by atoms with E-state index in [1.807, 2.05) is 13.8 Å². The number of halogens is 2. The van der Waals surface area contributed by atoms with E-state index in [2.05, 4.69) is 0 Å². The third kappa shape index (κ3) is 2.82. The summed E-state index contributed by atoms with van der Waals surface area (Å²) in [6.07, 6.45) is 2.98. The lowest BCUT2D eigenvalue weighted by atomic mass is 9.45. The Bertz CT molecular complexity index is 976. The second-order valence-corrected chi connectivity index (χ2v) is 11.3. The fourth-order valence-electron chi connectivity index (χ4n) is 7.85. The van der Waals surface area contributed by atoms with E-state index in [0.29, 0.717) is 24.8 Å². The summed E-state index contributed by atoms with van der Waals surface area (Å²) in [6, 6.07) is 0. The number of carbonyl (C=O) groups excluding carboxylic acids is 3. The number of rotatable bonds is 4. The first-order valence-corrected chi connectivity index (χ1v) is 12.1.